The van der Waals surface area contributed by atoms with E-state index in [1.54, 1.807) is 0 Å². The summed E-state index contributed by atoms with van der Waals surface area (Å²) in [6.07, 6.45) is 0.537. The van der Waals surface area contributed by atoms with E-state index in [1.807, 2.05) is 6.92 Å². The Bertz CT molecular complexity index is 416. The first-order chi connectivity index (χ1) is 7.15. The van der Waals surface area contributed by atoms with E-state index >= 15 is 0 Å². The zero-order valence-electron chi connectivity index (χ0n) is 8.40. The highest BCUT2D eigenvalue weighted by atomic mass is 16.5. The van der Waals surface area contributed by atoms with Crippen LogP contribution in [0.15, 0.2) is 9.59 Å². The number of rotatable bonds is 3. The molecule has 7 nitrogen and oxygen atoms in total. The molecule has 4 N–H and O–H groups in total. The summed E-state index contributed by atoms with van der Waals surface area (Å²) in [7, 11) is 0. The van der Waals surface area contributed by atoms with Crippen LogP contribution in [-0.2, 0) is 4.74 Å². The smallest absolute Gasteiger partial charge is 0.344 e. The van der Waals surface area contributed by atoms with Crippen LogP contribution in [-0.4, -0.2) is 33.5 Å². The monoisotopic (exact) mass is 214 g/mol. The number of hydrogen-bond acceptors (Lipinski definition) is 4. The number of aromatic amines is 2. The van der Waals surface area contributed by atoms with Crippen molar-refractivity contribution >= 4 is 0 Å². The second-order valence-corrected chi connectivity index (χ2v) is 3.61. The van der Waals surface area contributed by atoms with Crippen LogP contribution in [0.4, 0.5) is 0 Å². The van der Waals surface area contributed by atoms with E-state index in [-0.39, 0.29) is 18.2 Å². The Morgan fingerprint density at radius 1 is 1.47 bits per heavy atom. The zero-order valence-corrected chi connectivity index (χ0v) is 8.40. The number of hydrogen-bond donors (Lipinski definition) is 3. The van der Waals surface area contributed by atoms with E-state index in [2.05, 4.69) is 10.2 Å². The Morgan fingerprint density at radius 2 is 2.07 bits per heavy atom. The Hall–Kier alpha value is -1.34. The summed E-state index contributed by atoms with van der Waals surface area (Å²) in [5, 5.41) is 4.46. The topological polar surface area (TPSA) is 106 Å². The Kier molecular flexibility index (Phi) is 2.49. The van der Waals surface area contributed by atoms with Gasteiger partial charge in [-0.3, -0.25) is 0 Å². The van der Waals surface area contributed by atoms with Crippen LogP contribution in [0.5, 0.6) is 0 Å². The van der Waals surface area contributed by atoms with Crippen LogP contribution in [0, 0.1) is 0 Å². The van der Waals surface area contributed by atoms with Crippen molar-refractivity contribution in [1.82, 2.24) is 14.8 Å². The molecule has 7 heteroatoms. The number of nitrogens with zero attached hydrogens (tertiary/aromatic N) is 1. The average molecular weight is 214 g/mol. The minimum Gasteiger partial charge on any atom is -0.376 e. The fraction of sp³-hybridized carbons (Fsp3) is 0.750. The maximum Gasteiger partial charge on any atom is 0.344 e. The lowest BCUT2D eigenvalue weighted by Gasteiger charge is -2.41. The van der Waals surface area contributed by atoms with Gasteiger partial charge in [-0.15, -0.1) is 0 Å². The lowest BCUT2D eigenvalue weighted by Crippen LogP contribution is -2.57. The summed E-state index contributed by atoms with van der Waals surface area (Å²) in [5.41, 5.74) is 4.83. The molecule has 0 spiro atoms. The molecule has 2 rings (SSSR count). The van der Waals surface area contributed by atoms with Crippen molar-refractivity contribution in [3.63, 3.8) is 0 Å². The largest absolute Gasteiger partial charge is 0.376 e. The van der Waals surface area contributed by atoms with E-state index in [0.29, 0.717) is 13.0 Å². The van der Waals surface area contributed by atoms with Gasteiger partial charge in [0, 0.05) is 12.6 Å². The second-order valence-electron chi connectivity index (χ2n) is 3.61. The highest BCUT2D eigenvalue weighted by Gasteiger charge is 2.42. The van der Waals surface area contributed by atoms with Gasteiger partial charge >= 0.3 is 11.4 Å². The van der Waals surface area contributed by atoms with E-state index in [4.69, 9.17) is 10.5 Å². The van der Waals surface area contributed by atoms with Gasteiger partial charge in [0.05, 0.1) is 12.1 Å². The van der Waals surface area contributed by atoms with Crippen LogP contribution in [0.1, 0.15) is 19.4 Å². The third kappa shape index (κ3) is 1.53. The molecular formula is C8H14N4O3. The Labute approximate surface area is 85.2 Å². The molecule has 1 heterocycles. The zero-order chi connectivity index (χ0) is 11.0. The Balaban J connectivity index is 2.30. The lowest BCUT2D eigenvalue weighted by atomic mass is 9.83. The van der Waals surface area contributed by atoms with Gasteiger partial charge in [0.25, 0.3) is 0 Å². The maximum atomic E-state index is 11.3. The standard InChI is InChI=1S/C8H14N4O3/c1-2-15-5-3-4(9)6(5)12-7(13)10-11-8(12)14/h4-6H,2-3,9H2,1H3,(H,10,13)(H,11,14). The third-order valence-electron chi connectivity index (χ3n) is 2.72. The third-order valence-corrected chi connectivity index (χ3v) is 2.72. The normalized spacial score (nSPS) is 30.1. The van der Waals surface area contributed by atoms with Gasteiger partial charge in [-0.05, 0) is 13.3 Å². The first-order valence-electron chi connectivity index (χ1n) is 4.91. The lowest BCUT2D eigenvalue weighted by molar-refractivity contribution is -0.0491. The first kappa shape index (κ1) is 10.2. The first-order valence-corrected chi connectivity index (χ1v) is 4.91. The fourth-order valence-corrected chi connectivity index (χ4v) is 1.96. The van der Waals surface area contributed by atoms with E-state index in [1.165, 1.54) is 0 Å². The summed E-state index contributed by atoms with van der Waals surface area (Å²) in [6, 6.07) is -0.552. The van der Waals surface area contributed by atoms with Crippen LogP contribution in [0.2, 0.25) is 0 Å². The molecule has 0 radical (unpaired) electrons. The van der Waals surface area contributed by atoms with Crippen molar-refractivity contribution in [1.29, 1.82) is 0 Å². The molecule has 1 aromatic heterocycles. The molecule has 1 aromatic rings. The predicted octanol–water partition coefficient (Wildman–Crippen LogP) is -1.46. The molecule has 3 atom stereocenters. The molecule has 0 saturated heterocycles. The quantitative estimate of drug-likeness (QED) is 0.571. The molecule has 84 valence electrons. The van der Waals surface area contributed by atoms with Crippen LogP contribution in [0.25, 0.3) is 0 Å². The molecule has 0 amide bonds. The van der Waals surface area contributed by atoms with Gasteiger partial charge in [-0.2, -0.15) is 0 Å². The maximum absolute atomic E-state index is 11.3. The van der Waals surface area contributed by atoms with E-state index < -0.39 is 11.4 Å². The summed E-state index contributed by atoms with van der Waals surface area (Å²) in [4.78, 5) is 22.7. The summed E-state index contributed by atoms with van der Waals surface area (Å²) < 4.78 is 6.48. The molecule has 15 heavy (non-hydrogen) atoms. The molecule has 1 saturated carbocycles. The number of nitrogens with one attached hydrogen (secondary N) is 2. The van der Waals surface area contributed by atoms with Crippen molar-refractivity contribution in [2.75, 3.05) is 6.61 Å². The van der Waals surface area contributed by atoms with E-state index in [0.717, 1.165) is 4.57 Å². The SMILES string of the molecule is CCOC1CC(N)C1n1c(=O)[nH][nH]c1=O. The van der Waals surface area contributed by atoms with Gasteiger partial charge in [0.1, 0.15) is 0 Å². The van der Waals surface area contributed by atoms with Crippen molar-refractivity contribution < 1.29 is 4.74 Å². The van der Waals surface area contributed by atoms with Gasteiger partial charge in [0.15, 0.2) is 0 Å². The Morgan fingerprint density at radius 3 is 2.53 bits per heavy atom. The number of nitrogens with two attached hydrogens (primary N) is 1. The van der Waals surface area contributed by atoms with Crippen molar-refractivity contribution in [2.24, 2.45) is 5.73 Å². The van der Waals surface area contributed by atoms with Crippen LogP contribution >= 0.6 is 0 Å². The predicted molar refractivity (Wildman–Crippen MR) is 52.7 cm³/mol. The summed E-state index contributed by atoms with van der Waals surface area (Å²) in [6.45, 7) is 2.41. The molecule has 1 aliphatic carbocycles. The molecule has 0 aliphatic heterocycles. The average Bonchev–Trinajstić information content (AvgIpc) is 2.49. The molecule has 3 unspecified atom stereocenters. The van der Waals surface area contributed by atoms with E-state index in [9.17, 15) is 9.59 Å². The fourth-order valence-electron chi connectivity index (χ4n) is 1.96. The molecular weight excluding hydrogens is 200 g/mol. The molecule has 1 fully saturated rings. The van der Waals surface area contributed by atoms with Crippen molar-refractivity contribution in [3.05, 3.63) is 21.0 Å². The van der Waals surface area contributed by atoms with Crippen LogP contribution < -0.4 is 17.1 Å². The van der Waals surface area contributed by atoms with Gasteiger partial charge in [-0.1, -0.05) is 0 Å². The minimum absolute atomic E-state index is 0.139. The van der Waals surface area contributed by atoms with Gasteiger partial charge in [-0.25, -0.2) is 24.4 Å². The molecule has 1 aliphatic rings. The second kappa shape index (κ2) is 3.67. The highest BCUT2D eigenvalue weighted by Crippen LogP contribution is 2.31. The number of ether oxygens (including phenoxy) is 1. The number of aromatic nitrogens is 3. The van der Waals surface area contributed by atoms with Crippen molar-refractivity contribution in [3.8, 4) is 0 Å². The van der Waals surface area contributed by atoms with Gasteiger partial charge < -0.3 is 10.5 Å². The van der Waals surface area contributed by atoms with Crippen molar-refractivity contribution in [2.45, 2.75) is 31.5 Å². The summed E-state index contributed by atoms with van der Waals surface area (Å²) in [5.74, 6) is 0. The highest BCUT2D eigenvalue weighted by molar-refractivity contribution is 4.99. The van der Waals surface area contributed by atoms with Gasteiger partial charge in [0.2, 0.25) is 0 Å². The minimum atomic E-state index is -0.468. The van der Waals surface area contributed by atoms with Crippen LogP contribution in [0.3, 0.4) is 0 Å². The summed E-state index contributed by atoms with van der Waals surface area (Å²) >= 11 is 0. The molecule has 0 bridgehead atoms. The molecule has 0 aromatic carbocycles. The number of H-pyrrole nitrogens is 2.